The van der Waals surface area contributed by atoms with Crippen molar-refractivity contribution in [3.63, 3.8) is 0 Å². The van der Waals surface area contributed by atoms with E-state index >= 15 is 0 Å². The minimum atomic E-state index is -0.321. The molecule has 1 aromatic heterocycles. The minimum absolute atomic E-state index is 0.0932. The number of benzene rings is 2. The largest absolute Gasteiger partial charge is 0.342 e. The van der Waals surface area contributed by atoms with Gasteiger partial charge in [-0.25, -0.2) is 0 Å². The molecule has 2 amide bonds. The Bertz CT molecular complexity index is 1180. The van der Waals surface area contributed by atoms with E-state index in [1.54, 1.807) is 12.1 Å². The Labute approximate surface area is 209 Å². The van der Waals surface area contributed by atoms with E-state index < -0.39 is 0 Å². The van der Waals surface area contributed by atoms with Crippen LogP contribution in [-0.4, -0.2) is 32.3 Å². The van der Waals surface area contributed by atoms with Gasteiger partial charge in [0.05, 0.1) is 11.8 Å². The van der Waals surface area contributed by atoms with Gasteiger partial charge >= 0.3 is 0 Å². The van der Waals surface area contributed by atoms with Crippen LogP contribution >= 0.6 is 23.4 Å². The third-order valence-corrected chi connectivity index (χ3v) is 6.74. The Morgan fingerprint density at radius 3 is 2.53 bits per heavy atom. The third kappa shape index (κ3) is 6.39. The van der Waals surface area contributed by atoms with Crippen LogP contribution in [0.15, 0.2) is 47.6 Å². The molecule has 0 bridgehead atoms. The van der Waals surface area contributed by atoms with Crippen LogP contribution < -0.4 is 10.6 Å². The van der Waals surface area contributed by atoms with E-state index in [4.69, 9.17) is 11.6 Å². The predicted octanol–water partition coefficient (Wildman–Crippen LogP) is 5.43. The monoisotopic (exact) mass is 499 g/mol. The van der Waals surface area contributed by atoms with Crippen LogP contribution in [0.2, 0.25) is 5.02 Å². The molecule has 3 rings (SSSR count). The molecule has 0 radical (unpaired) electrons. The number of carbonyl (C=O) groups is 2. The highest BCUT2D eigenvalue weighted by Crippen LogP contribution is 2.26. The number of aryl methyl sites for hydroxylation is 2. The lowest BCUT2D eigenvalue weighted by Gasteiger charge is -2.22. The average molecular weight is 500 g/mol. The van der Waals surface area contributed by atoms with Crippen molar-refractivity contribution in [2.24, 2.45) is 5.92 Å². The molecule has 3 aromatic rings. The molecule has 0 unspecified atom stereocenters. The number of nitrogens with one attached hydrogen (secondary N) is 2. The van der Waals surface area contributed by atoms with Crippen molar-refractivity contribution in [1.82, 2.24) is 20.1 Å². The normalized spacial score (nSPS) is 12.0. The van der Waals surface area contributed by atoms with Gasteiger partial charge in [-0.15, -0.1) is 10.2 Å². The van der Waals surface area contributed by atoms with Gasteiger partial charge in [0.15, 0.2) is 11.0 Å². The molecular weight excluding hydrogens is 470 g/mol. The summed E-state index contributed by atoms with van der Waals surface area (Å²) in [5.74, 6) is 0.622. The second kappa shape index (κ2) is 11.5. The van der Waals surface area contributed by atoms with Crippen molar-refractivity contribution >= 4 is 40.9 Å². The molecule has 180 valence electrons. The smallest absolute Gasteiger partial charge is 0.251 e. The summed E-state index contributed by atoms with van der Waals surface area (Å²) in [5, 5.41) is 15.9. The van der Waals surface area contributed by atoms with Gasteiger partial charge in [-0.05, 0) is 56.5 Å². The predicted molar refractivity (Wildman–Crippen MR) is 137 cm³/mol. The first-order chi connectivity index (χ1) is 16.2. The Kier molecular flexibility index (Phi) is 8.74. The second-order valence-corrected chi connectivity index (χ2v) is 9.80. The molecule has 0 spiro atoms. The Balaban J connectivity index is 1.71. The Morgan fingerprint density at radius 1 is 1.12 bits per heavy atom. The zero-order chi connectivity index (χ0) is 24.8. The number of thioether (sulfide) groups is 1. The quantitative estimate of drug-likeness (QED) is 0.383. The number of aromatic nitrogens is 3. The highest BCUT2D eigenvalue weighted by molar-refractivity contribution is 7.99. The van der Waals surface area contributed by atoms with Crippen molar-refractivity contribution in [2.45, 2.75) is 52.4 Å². The topological polar surface area (TPSA) is 88.9 Å². The molecule has 1 atom stereocenters. The van der Waals surface area contributed by atoms with Crippen LogP contribution in [0.25, 0.3) is 0 Å². The molecule has 0 fully saturated rings. The fourth-order valence-electron chi connectivity index (χ4n) is 3.47. The molecule has 7 nitrogen and oxygen atoms in total. The van der Waals surface area contributed by atoms with Gasteiger partial charge in [0.1, 0.15) is 0 Å². The Morgan fingerprint density at radius 2 is 1.88 bits per heavy atom. The summed E-state index contributed by atoms with van der Waals surface area (Å²) in [6.07, 6.45) is 0. The first-order valence-electron chi connectivity index (χ1n) is 11.2. The molecule has 9 heteroatoms. The van der Waals surface area contributed by atoms with E-state index in [9.17, 15) is 9.59 Å². The van der Waals surface area contributed by atoms with Crippen LogP contribution in [0.4, 0.5) is 5.69 Å². The summed E-state index contributed by atoms with van der Waals surface area (Å²) >= 11 is 7.45. The lowest BCUT2D eigenvalue weighted by atomic mass is 10.0. The van der Waals surface area contributed by atoms with E-state index in [0.29, 0.717) is 33.8 Å². The van der Waals surface area contributed by atoms with E-state index in [0.717, 1.165) is 11.1 Å². The number of hydrogen-bond donors (Lipinski definition) is 2. The van der Waals surface area contributed by atoms with Crippen molar-refractivity contribution < 1.29 is 9.59 Å². The van der Waals surface area contributed by atoms with Crippen molar-refractivity contribution in [3.05, 3.63) is 70.0 Å². The van der Waals surface area contributed by atoms with Crippen molar-refractivity contribution in [1.29, 1.82) is 0 Å². The average Bonchev–Trinajstić information content (AvgIpc) is 3.20. The molecule has 2 aromatic carbocycles. The summed E-state index contributed by atoms with van der Waals surface area (Å²) < 4.78 is 1.95. The molecule has 0 aliphatic rings. The fourth-order valence-corrected chi connectivity index (χ4v) is 4.46. The number of amides is 2. The summed E-state index contributed by atoms with van der Waals surface area (Å²) in [6, 6.07) is 12.6. The Hall–Kier alpha value is -2.84. The van der Waals surface area contributed by atoms with Crippen LogP contribution in [0.5, 0.6) is 0 Å². The molecule has 0 aliphatic carbocycles. The van der Waals surface area contributed by atoms with Crippen LogP contribution in [-0.2, 0) is 11.3 Å². The van der Waals surface area contributed by atoms with E-state index in [1.165, 1.54) is 11.8 Å². The number of carbonyl (C=O) groups excluding carboxylic acids is 2. The zero-order valence-electron chi connectivity index (χ0n) is 20.1. The van der Waals surface area contributed by atoms with Gasteiger partial charge in [0.25, 0.3) is 5.91 Å². The molecule has 0 aliphatic heterocycles. The molecular formula is C25H30ClN5O2S. The third-order valence-electron chi connectivity index (χ3n) is 5.36. The summed E-state index contributed by atoms with van der Waals surface area (Å²) in [7, 11) is 0. The number of halogens is 1. The number of rotatable bonds is 9. The first-order valence-corrected chi connectivity index (χ1v) is 12.5. The van der Waals surface area contributed by atoms with Crippen LogP contribution in [0.1, 0.15) is 54.1 Å². The summed E-state index contributed by atoms with van der Waals surface area (Å²) in [6.45, 7) is 10.5. The lowest BCUT2D eigenvalue weighted by molar-refractivity contribution is -0.113. The maximum absolute atomic E-state index is 12.9. The van der Waals surface area contributed by atoms with E-state index in [1.807, 2.05) is 69.5 Å². The molecule has 1 heterocycles. The first kappa shape index (κ1) is 25.8. The second-order valence-electron chi connectivity index (χ2n) is 8.45. The minimum Gasteiger partial charge on any atom is -0.342 e. The van der Waals surface area contributed by atoms with Crippen molar-refractivity contribution in [3.8, 4) is 0 Å². The molecule has 34 heavy (non-hydrogen) atoms. The maximum atomic E-state index is 12.9. The summed E-state index contributed by atoms with van der Waals surface area (Å²) in [4.78, 5) is 25.4. The van der Waals surface area contributed by atoms with Gasteiger partial charge in [-0.2, -0.15) is 0 Å². The maximum Gasteiger partial charge on any atom is 0.251 e. The van der Waals surface area contributed by atoms with E-state index in [2.05, 4.69) is 20.8 Å². The number of hydrogen-bond acceptors (Lipinski definition) is 5. The SMILES string of the molecule is CCn1c(SCC(=O)Nc2ccc(C)c(Cl)c2)nnc1[C@H](NC(=O)c1cccc(C)c1)C(C)C. The lowest BCUT2D eigenvalue weighted by Crippen LogP contribution is -2.33. The van der Waals surface area contributed by atoms with Gasteiger partial charge in [0, 0.05) is 22.8 Å². The van der Waals surface area contributed by atoms with Crippen molar-refractivity contribution in [2.75, 3.05) is 11.1 Å². The molecule has 2 N–H and O–H groups in total. The molecule has 0 saturated carbocycles. The van der Waals surface area contributed by atoms with Gasteiger partial charge < -0.3 is 15.2 Å². The standard InChI is InChI=1S/C25H30ClN5O2S/c1-6-31-23(22(15(2)3)28-24(33)18-9-7-8-16(4)12-18)29-30-25(31)34-14-21(32)27-19-11-10-17(5)20(26)13-19/h7-13,15,22H,6,14H2,1-5H3,(H,27,32)(H,28,33)/t22-/m1/s1. The fraction of sp³-hybridized carbons (Fsp3) is 0.360. The molecule has 0 saturated heterocycles. The number of anilines is 1. The van der Waals surface area contributed by atoms with Gasteiger partial charge in [0.2, 0.25) is 5.91 Å². The highest BCUT2D eigenvalue weighted by Gasteiger charge is 2.26. The zero-order valence-corrected chi connectivity index (χ0v) is 21.6. The van der Waals surface area contributed by atoms with E-state index in [-0.39, 0.29) is 29.5 Å². The van der Waals surface area contributed by atoms with Gasteiger partial charge in [-0.3, -0.25) is 9.59 Å². The summed E-state index contributed by atoms with van der Waals surface area (Å²) in [5.41, 5.74) is 3.23. The number of nitrogens with zero attached hydrogens (tertiary/aromatic N) is 3. The van der Waals surface area contributed by atoms with Crippen LogP contribution in [0, 0.1) is 19.8 Å². The highest BCUT2D eigenvalue weighted by atomic mass is 35.5. The van der Waals surface area contributed by atoms with Gasteiger partial charge in [-0.1, -0.05) is 61.0 Å². The van der Waals surface area contributed by atoms with Crippen LogP contribution in [0.3, 0.4) is 0 Å².